The Morgan fingerprint density at radius 3 is 2.27 bits per heavy atom. The molecule has 1 aromatic carbocycles. The number of aromatic nitrogens is 5. The van der Waals surface area contributed by atoms with Crippen LogP contribution in [0.15, 0.2) is 58.3 Å². The van der Waals surface area contributed by atoms with Crippen LogP contribution in [0.2, 0.25) is 0 Å². The Kier molecular flexibility index (Phi) is 5.20. The Bertz CT molecular complexity index is 1420. The Morgan fingerprint density at radius 2 is 1.61 bits per heavy atom. The molecule has 1 saturated heterocycles. The smallest absolute Gasteiger partial charge is 0.332 e. The predicted molar refractivity (Wildman–Crippen MR) is 124 cm³/mol. The number of hydrogen-bond acceptors (Lipinski definition) is 6. The van der Waals surface area contributed by atoms with Crippen LogP contribution in [0.4, 0.5) is 16.2 Å². The van der Waals surface area contributed by atoms with Crippen molar-refractivity contribution in [3.63, 3.8) is 0 Å². The molecule has 170 valence electrons. The van der Waals surface area contributed by atoms with E-state index in [-0.39, 0.29) is 5.82 Å². The summed E-state index contributed by atoms with van der Waals surface area (Å²) in [5, 5.41) is 0. The molecule has 0 amide bonds. The average molecular weight is 449 g/mol. The van der Waals surface area contributed by atoms with Gasteiger partial charge in [-0.3, -0.25) is 18.5 Å². The van der Waals surface area contributed by atoms with Crippen molar-refractivity contribution in [2.75, 3.05) is 36.0 Å². The topological polar surface area (TPSA) is 81.2 Å². The van der Waals surface area contributed by atoms with Crippen LogP contribution in [0, 0.1) is 5.82 Å². The lowest BCUT2D eigenvalue weighted by molar-refractivity contribution is 0.618. The summed E-state index contributed by atoms with van der Waals surface area (Å²) in [6.07, 6.45) is 1.78. The van der Waals surface area contributed by atoms with Gasteiger partial charge in [-0.1, -0.05) is 18.2 Å². The van der Waals surface area contributed by atoms with Gasteiger partial charge in [0.15, 0.2) is 11.2 Å². The molecule has 33 heavy (non-hydrogen) atoms. The van der Waals surface area contributed by atoms with Crippen LogP contribution in [0.3, 0.4) is 0 Å². The minimum atomic E-state index is -0.426. The van der Waals surface area contributed by atoms with E-state index in [0.29, 0.717) is 36.7 Å². The summed E-state index contributed by atoms with van der Waals surface area (Å²) in [6.45, 7) is 3.18. The van der Waals surface area contributed by atoms with E-state index < -0.39 is 11.2 Å². The zero-order valence-electron chi connectivity index (χ0n) is 18.5. The zero-order chi connectivity index (χ0) is 23.1. The Hall–Kier alpha value is -3.95. The molecular weight excluding hydrogens is 425 g/mol. The molecule has 9 nitrogen and oxygen atoms in total. The highest BCUT2D eigenvalue weighted by Gasteiger charge is 2.26. The number of nitrogens with zero attached hydrogens (tertiary/aromatic N) is 7. The minimum Gasteiger partial charge on any atom is -0.353 e. The summed E-state index contributed by atoms with van der Waals surface area (Å²) < 4.78 is 17.8. The first-order chi connectivity index (χ1) is 15.9. The number of anilines is 2. The molecule has 0 aliphatic carbocycles. The van der Waals surface area contributed by atoms with Gasteiger partial charge in [0, 0.05) is 46.5 Å². The molecule has 1 aliphatic heterocycles. The fourth-order valence-corrected chi connectivity index (χ4v) is 4.27. The summed E-state index contributed by atoms with van der Waals surface area (Å²) in [4.78, 5) is 39.1. The van der Waals surface area contributed by atoms with Crippen molar-refractivity contribution in [1.29, 1.82) is 0 Å². The van der Waals surface area contributed by atoms with Crippen molar-refractivity contribution in [2.45, 2.75) is 6.54 Å². The maximum atomic E-state index is 13.5. The van der Waals surface area contributed by atoms with E-state index >= 15 is 0 Å². The summed E-state index contributed by atoms with van der Waals surface area (Å²) in [7, 11) is 3.08. The monoisotopic (exact) mass is 449 g/mol. The van der Waals surface area contributed by atoms with Gasteiger partial charge < -0.3 is 9.80 Å². The molecule has 0 spiro atoms. The van der Waals surface area contributed by atoms with Crippen molar-refractivity contribution >= 4 is 22.9 Å². The predicted octanol–water partition coefficient (Wildman–Crippen LogP) is 1.34. The van der Waals surface area contributed by atoms with Gasteiger partial charge in [0.25, 0.3) is 5.56 Å². The second-order valence-corrected chi connectivity index (χ2v) is 8.16. The standard InChI is InChI=1S/C23H24FN7O2/c1-27-20-19(21(32)28(2)23(27)33)31(15-16-6-8-17(24)9-7-16)22(26-20)30-13-11-29(12-14-30)18-5-3-4-10-25-18/h3-10H,11-15H2,1-2H3. The number of fused-ring (bicyclic) bond motifs is 1. The molecule has 0 bridgehead atoms. The second-order valence-electron chi connectivity index (χ2n) is 8.16. The first-order valence-corrected chi connectivity index (χ1v) is 10.8. The van der Waals surface area contributed by atoms with Crippen LogP contribution >= 0.6 is 0 Å². The summed E-state index contributed by atoms with van der Waals surface area (Å²) in [5.41, 5.74) is 0.699. The highest BCUT2D eigenvalue weighted by atomic mass is 19.1. The quantitative estimate of drug-likeness (QED) is 0.468. The molecule has 4 heterocycles. The van der Waals surface area contributed by atoms with Crippen molar-refractivity contribution in [2.24, 2.45) is 14.1 Å². The number of imidazole rings is 1. The van der Waals surface area contributed by atoms with E-state index in [0.717, 1.165) is 29.0 Å². The Morgan fingerprint density at radius 1 is 0.909 bits per heavy atom. The van der Waals surface area contributed by atoms with Crippen LogP contribution in [0.1, 0.15) is 5.56 Å². The van der Waals surface area contributed by atoms with Gasteiger partial charge in [0.2, 0.25) is 5.95 Å². The second kappa shape index (κ2) is 8.19. The number of rotatable bonds is 4. The molecule has 1 aliphatic rings. The molecule has 4 aromatic rings. The first kappa shape index (κ1) is 20.9. The lowest BCUT2D eigenvalue weighted by Gasteiger charge is -2.36. The molecule has 0 saturated carbocycles. The molecular formula is C23H24FN7O2. The summed E-state index contributed by atoms with van der Waals surface area (Å²) >= 11 is 0. The van der Waals surface area contributed by atoms with Gasteiger partial charge in [-0.25, -0.2) is 14.2 Å². The van der Waals surface area contributed by atoms with Gasteiger partial charge in [0.05, 0.1) is 6.54 Å². The maximum Gasteiger partial charge on any atom is 0.332 e. The van der Waals surface area contributed by atoms with Crippen LogP contribution < -0.4 is 21.0 Å². The number of piperazine rings is 1. The number of hydrogen-bond donors (Lipinski definition) is 0. The van der Waals surface area contributed by atoms with E-state index in [9.17, 15) is 14.0 Å². The van der Waals surface area contributed by atoms with E-state index in [1.807, 2.05) is 22.8 Å². The van der Waals surface area contributed by atoms with Gasteiger partial charge in [-0.05, 0) is 29.8 Å². The lowest BCUT2D eigenvalue weighted by atomic mass is 10.2. The molecule has 10 heteroatoms. The average Bonchev–Trinajstić information content (AvgIpc) is 3.22. The summed E-state index contributed by atoms with van der Waals surface area (Å²) in [5.74, 6) is 1.22. The lowest BCUT2D eigenvalue weighted by Crippen LogP contribution is -2.47. The van der Waals surface area contributed by atoms with Gasteiger partial charge in [-0.2, -0.15) is 4.98 Å². The van der Waals surface area contributed by atoms with Gasteiger partial charge in [0.1, 0.15) is 11.6 Å². The van der Waals surface area contributed by atoms with E-state index in [2.05, 4.69) is 14.8 Å². The molecule has 1 fully saturated rings. The largest absolute Gasteiger partial charge is 0.353 e. The van der Waals surface area contributed by atoms with E-state index in [1.54, 1.807) is 25.4 Å². The van der Waals surface area contributed by atoms with Crippen molar-refractivity contribution < 1.29 is 4.39 Å². The van der Waals surface area contributed by atoms with Gasteiger partial charge in [-0.15, -0.1) is 0 Å². The maximum absolute atomic E-state index is 13.5. The molecule has 0 atom stereocenters. The normalized spacial score (nSPS) is 14.3. The third-order valence-corrected chi connectivity index (χ3v) is 6.12. The molecule has 3 aromatic heterocycles. The van der Waals surface area contributed by atoms with Crippen molar-refractivity contribution in [3.05, 3.63) is 80.9 Å². The third kappa shape index (κ3) is 3.67. The SMILES string of the molecule is Cn1c(=O)c2c(nc(N3CCN(c4ccccn4)CC3)n2Cc2ccc(F)cc2)n(C)c1=O. The van der Waals surface area contributed by atoms with Crippen LogP contribution in [-0.2, 0) is 20.6 Å². The summed E-state index contributed by atoms with van der Waals surface area (Å²) in [6, 6.07) is 12.0. The highest BCUT2D eigenvalue weighted by molar-refractivity contribution is 5.75. The fourth-order valence-electron chi connectivity index (χ4n) is 4.27. The van der Waals surface area contributed by atoms with Crippen molar-refractivity contribution in [1.82, 2.24) is 23.7 Å². The first-order valence-electron chi connectivity index (χ1n) is 10.8. The molecule has 5 rings (SSSR count). The number of aryl methyl sites for hydroxylation is 1. The highest BCUT2D eigenvalue weighted by Crippen LogP contribution is 2.24. The van der Waals surface area contributed by atoms with Crippen molar-refractivity contribution in [3.8, 4) is 0 Å². The van der Waals surface area contributed by atoms with Crippen LogP contribution in [0.25, 0.3) is 11.2 Å². The number of benzene rings is 1. The molecule has 0 N–H and O–H groups in total. The molecule has 0 unspecified atom stereocenters. The fraction of sp³-hybridized carbons (Fsp3) is 0.304. The van der Waals surface area contributed by atoms with Crippen LogP contribution in [-0.4, -0.2) is 49.8 Å². The van der Waals surface area contributed by atoms with E-state index in [4.69, 9.17) is 4.98 Å². The molecule has 0 radical (unpaired) electrons. The number of halogens is 1. The third-order valence-electron chi connectivity index (χ3n) is 6.12. The van der Waals surface area contributed by atoms with Crippen LogP contribution in [0.5, 0.6) is 0 Å². The minimum absolute atomic E-state index is 0.321. The van der Waals surface area contributed by atoms with Gasteiger partial charge >= 0.3 is 5.69 Å². The number of pyridine rings is 1. The Labute approximate surface area is 189 Å². The Balaban J connectivity index is 1.57. The van der Waals surface area contributed by atoms with E-state index in [1.165, 1.54) is 23.7 Å². The zero-order valence-corrected chi connectivity index (χ0v) is 18.5.